The third kappa shape index (κ3) is 3.98. The Morgan fingerprint density at radius 2 is 1.97 bits per heavy atom. The smallest absolute Gasteiger partial charge is 0.133 e. The molecule has 0 spiro atoms. The molecule has 2 nitrogen and oxygen atoms in total. The number of pyridine rings is 1. The van der Waals surface area contributed by atoms with Crippen LogP contribution < -0.4 is 0 Å². The van der Waals surface area contributed by atoms with Gasteiger partial charge < -0.3 is 0 Å². The topological polar surface area (TPSA) is 30.0 Å². The number of carbonyl (C=O) groups excluding carboxylic acids is 1. The van der Waals surface area contributed by atoms with Crippen LogP contribution in [-0.2, 0) is 24.1 Å². The Morgan fingerprint density at radius 3 is 2.72 bits per heavy atom. The monoisotopic (exact) mass is 401 g/mol. The third-order valence-corrected chi connectivity index (χ3v) is 7.61. The summed E-state index contributed by atoms with van der Waals surface area (Å²) in [6.07, 6.45) is 8.60. The van der Waals surface area contributed by atoms with Crippen LogP contribution in [0.1, 0.15) is 54.5 Å². The molecule has 2 aliphatic carbocycles. The SMILES string of the molecule is CC(=O)C1CCc2c(cc3cnc(C4CC4)cc3c2SCCc2ccccc2)C1. The van der Waals surface area contributed by atoms with Gasteiger partial charge in [0.25, 0.3) is 0 Å². The molecular weight excluding hydrogens is 374 g/mol. The van der Waals surface area contributed by atoms with Crippen LogP contribution in [0.25, 0.3) is 10.8 Å². The maximum absolute atomic E-state index is 12.0. The van der Waals surface area contributed by atoms with Crippen LogP contribution in [0.4, 0.5) is 0 Å². The van der Waals surface area contributed by atoms with Crippen molar-refractivity contribution < 1.29 is 4.79 Å². The molecule has 1 atom stereocenters. The van der Waals surface area contributed by atoms with E-state index in [1.54, 1.807) is 6.92 Å². The first-order valence-corrected chi connectivity index (χ1v) is 11.8. The molecule has 29 heavy (non-hydrogen) atoms. The normalized spacial score (nSPS) is 18.6. The zero-order valence-electron chi connectivity index (χ0n) is 17.0. The summed E-state index contributed by atoms with van der Waals surface area (Å²) in [6, 6.07) is 15.4. The fourth-order valence-corrected chi connectivity index (χ4v) is 5.83. The van der Waals surface area contributed by atoms with E-state index in [1.807, 2.05) is 11.8 Å². The van der Waals surface area contributed by atoms with Crippen molar-refractivity contribution in [1.29, 1.82) is 0 Å². The Labute approximate surface area is 177 Å². The maximum Gasteiger partial charge on any atom is 0.133 e. The molecule has 1 aromatic heterocycles. The van der Waals surface area contributed by atoms with Crippen molar-refractivity contribution in [1.82, 2.24) is 4.98 Å². The number of ketones is 1. The lowest BCUT2D eigenvalue weighted by molar-refractivity contribution is -0.121. The predicted octanol–water partition coefficient (Wildman–Crippen LogP) is 6.14. The van der Waals surface area contributed by atoms with Crippen LogP contribution in [0.5, 0.6) is 0 Å². The number of aromatic nitrogens is 1. The van der Waals surface area contributed by atoms with E-state index in [0.29, 0.717) is 11.7 Å². The summed E-state index contributed by atoms with van der Waals surface area (Å²) in [6.45, 7) is 1.75. The molecule has 148 valence electrons. The molecule has 0 saturated heterocycles. The fraction of sp³-hybridized carbons (Fsp3) is 0.385. The summed E-state index contributed by atoms with van der Waals surface area (Å²) >= 11 is 2.00. The number of nitrogens with zero attached hydrogens (tertiary/aromatic N) is 1. The number of thioether (sulfide) groups is 1. The predicted molar refractivity (Wildman–Crippen MR) is 121 cm³/mol. The first kappa shape index (κ1) is 18.9. The van der Waals surface area contributed by atoms with E-state index in [2.05, 4.69) is 48.7 Å². The van der Waals surface area contributed by atoms with E-state index in [9.17, 15) is 4.79 Å². The van der Waals surface area contributed by atoms with E-state index in [4.69, 9.17) is 4.98 Å². The van der Waals surface area contributed by atoms with Crippen molar-refractivity contribution in [2.45, 2.75) is 56.3 Å². The van der Waals surface area contributed by atoms with E-state index < -0.39 is 0 Å². The fourth-order valence-electron chi connectivity index (χ4n) is 4.55. The van der Waals surface area contributed by atoms with Gasteiger partial charge in [0.15, 0.2) is 0 Å². The molecule has 0 N–H and O–H groups in total. The molecule has 0 amide bonds. The van der Waals surface area contributed by atoms with Crippen molar-refractivity contribution in [3.8, 4) is 0 Å². The second-order valence-corrected chi connectivity index (χ2v) is 9.69. The standard InChI is InChI=1S/C26H27NOS/c1-17(28)20-9-10-23-21(13-20)14-22-16-27-25(19-7-8-19)15-24(22)26(23)29-12-11-18-5-3-2-4-6-18/h2-6,14-16,19-20H,7-13H2,1H3. The molecule has 1 heterocycles. The highest BCUT2D eigenvalue weighted by Gasteiger charge is 2.28. The number of rotatable bonds is 6. The summed E-state index contributed by atoms with van der Waals surface area (Å²) in [5.74, 6) is 2.25. The van der Waals surface area contributed by atoms with Gasteiger partial charge in [0.2, 0.25) is 0 Å². The number of Topliss-reactive ketones (excluding diaryl/α,β-unsaturated/α-hetero) is 1. The molecule has 0 bridgehead atoms. The maximum atomic E-state index is 12.0. The number of fused-ring (bicyclic) bond motifs is 2. The molecular formula is C26H27NOS. The highest BCUT2D eigenvalue weighted by Crippen LogP contribution is 2.43. The van der Waals surface area contributed by atoms with Gasteiger partial charge in [-0.25, -0.2) is 0 Å². The van der Waals surface area contributed by atoms with Gasteiger partial charge in [-0.05, 0) is 79.7 Å². The Morgan fingerprint density at radius 1 is 1.14 bits per heavy atom. The summed E-state index contributed by atoms with van der Waals surface area (Å²) in [5, 5.41) is 2.61. The molecule has 2 aliphatic rings. The van der Waals surface area contributed by atoms with Gasteiger partial charge in [0.1, 0.15) is 5.78 Å². The molecule has 2 aromatic carbocycles. The second kappa shape index (κ2) is 7.95. The minimum absolute atomic E-state index is 0.181. The zero-order valence-corrected chi connectivity index (χ0v) is 17.8. The minimum Gasteiger partial charge on any atom is -0.300 e. The molecule has 1 saturated carbocycles. The second-order valence-electron chi connectivity index (χ2n) is 8.58. The zero-order chi connectivity index (χ0) is 19.8. The van der Waals surface area contributed by atoms with Gasteiger partial charge in [0.05, 0.1) is 0 Å². The first-order valence-electron chi connectivity index (χ1n) is 10.8. The number of carbonyl (C=O) groups is 1. The van der Waals surface area contributed by atoms with E-state index in [1.165, 1.54) is 50.9 Å². The summed E-state index contributed by atoms with van der Waals surface area (Å²) < 4.78 is 0. The van der Waals surface area contributed by atoms with Crippen LogP contribution in [0, 0.1) is 5.92 Å². The average molecular weight is 402 g/mol. The van der Waals surface area contributed by atoms with Crippen LogP contribution in [-0.4, -0.2) is 16.5 Å². The molecule has 5 rings (SSSR count). The van der Waals surface area contributed by atoms with Crippen molar-refractivity contribution >= 4 is 28.3 Å². The Bertz CT molecular complexity index is 1060. The van der Waals surface area contributed by atoms with Crippen LogP contribution in [0.3, 0.4) is 0 Å². The number of hydrogen-bond donors (Lipinski definition) is 0. The van der Waals surface area contributed by atoms with Gasteiger partial charge in [-0.2, -0.15) is 0 Å². The van der Waals surface area contributed by atoms with Crippen molar-refractivity contribution in [2.75, 3.05) is 5.75 Å². The van der Waals surface area contributed by atoms with E-state index in [-0.39, 0.29) is 5.92 Å². The Hall–Kier alpha value is -2.13. The van der Waals surface area contributed by atoms with Crippen LogP contribution in [0.15, 0.2) is 53.6 Å². The Kier molecular flexibility index (Phi) is 5.17. The molecule has 0 radical (unpaired) electrons. The van der Waals surface area contributed by atoms with E-state index >= 15 is 0 Å². The molecule has 1 fully saturated rings. The number of aryl methyl sites for hydroxylation is 1. The van der Waals surface area contributed by atoms with E-state index in [0.717, 1.165) is 31.4 Å². The molecule has 1 unspecified atom stereocenters. The summed E-state index contributed by atoms with van der Waals surface area (Å²) in [5.41, 5.74) is 5.51. The van der Waals surface area contributed by atoms with Gasteiger partial charge in [-0.15, -0.1) is 11.8 Å². The Balaban J connectivity index is 1.51. The minimum atomic E-state index is 0.181. The lowest BCUT2D eigenvalue weighted by atomic mass is 9.81. The van der Waals surface area contributed by atoms with Gasteiger partial charge in [-0.3, -0.25) is 9.78 Å². The van der Waals surface area contributed by atoms with Crippen molar-refractivity contribution in [3.63, 3.8) is 0 Å². The summed E-state index contributed by atoms with van der Waals surface area (Å²) in [4.78, 5) is 18.2. The van der Waals surface area contributed by atoms with Crippen LogP contribution >= 0.6 is 11.8 Å². The largest absolute Gasteiger partial charge is 0.300 e. The highest BCUT2D eigenvalue weighted by molar-refractivity contribution is 7.99. The molecule has 3 aromatic rings. The first-order chi connectivity index (χ1) is 14.2. The molecule has 3 heteroatoms. The van der Waals surface area contributed by atoms with Crippen LogP contribution in [0.2, 0.25) is 0 Å². The number of benzene rings is 2. The molecule has 0 aliphatic heterocycles. The van der Waals surface area contributed by atoms with Gasteiger partial charge in [-0.1, -0.05) is 30.3 Å². The lowest BCUT2D eigenvalue weighted by Crippen LogP contribution is -2.21. The summed E-state index contributed by atoms with van der Waals surface area (Å²) in [7, 11) is 0. The number of hydrogen-bond acceptors (Lipinski definition) is 3. The average Bonchev–Trinajstić information content (AvgIpc) is 3.58. The lowest BCUT2D eigenvalue weighted by Gasteiger charge is -2.26. The van der Waals surface area contributed by atoms with Crippen molar-refractivity contribution in [3.05, 3.63) is 71.0 Å². The van der Waals surface area contributed by atoms with Gasteiger partial charge in [0, 0.05) is 39.8 Å². The quantitative estimate of drug-likeness (QED) is 0.465. The third-order valence-electron chi connectivity index (χ3n) is 6.45. The van der Waals surface area contributed by atoms with Gasteiger partial charge >= 0.3 is 0 Å². The van der Waals surface area contributed by atoms with Crippen molar-refractivity contribution in [2.24, 2.45) is 5.92 Å². The highest BCUT2D eigenvalue weighted by atomic mass is 32.2.